The number of hydroxylamine groups is 1. The summed E-state index contributed by atoms with van der Waals surface area (Å²) >= 11 is 0. The van der Waals surface area contributed by atoms with Crippen molar-refractivity contribution in [3.8, 4) is 11.4 Å². The van der Waals surface area contributed by atoms with Crippen LogP contribution in [0.25, 0.3) is 22.4 Å². The van der Waals surface area contributed by atoms with Crippen LogP contribution in [-0.4, -0.2) is 33.5 Å². The number of fused-ring (bicyclic) bond motifs is 1. The fourth-order valence-corrected chi connectivity index (χ4v) is 3.01. The molecule has 7 heteroatoms. The molecule has 7 nitrogen and oxygen atoms in total. The van der Waals surface area contributed by atoms with Gasteiger partial charge in [0, 0.05) is 24.1 Å². The standard InChI is InChI=1S/C21H24N4O3/c26-19(25-28)10-6-1-2-7-13-22-21(27)16-11-12-17-18(14-16)24-20(23-17)15-8-4-3-5-9-15/h3-5,8-9,11-12,14,28H,1-2,6-7,10,13H2,(H,22,27)(H,23,24)(H,25,26). The van der Waals surface area contributed by atoms with Gasteiger partial charge in [0.1, 0.15) is 5.82 Å². The van der Waals surface area contributed by atoms with Gasteiger partial charge in [0.15, 0.2) is 0 Å². The normalized spacial score (nSPS) is 10.8. The van der Waals surface area contributed by atoms with Crippen molar-refractivity contribution in [2.45, 2.75) is 32.1 Å². The highest BCUT2D eigenvalue weighted by atomic mass is 16.5. The van der Waals surface area contributed by atoms with Gasteiger partial charge in [-0.25, -0.2) is 10.5 Å². The van der Waals surface area contributed by atoms with Crippen molar-refractivity contribution in [1.29, 1.82) is 0 Å². The summed E-state index contributed by atoms with van der Waals surface area (Å²) in [7, 11) is 0. The van der Waals surface area contributed by atoms with E-state index in [1.54, 1.807) is 11.5 Å². The molecule has 0 radical (unpaired) electrons. The summed E-state index contributed by atoms with van der Waals surface area (Å²) < 4.78 is 0. The Bertz CT molecular complexity index is 937. The number of hydrogen-bond acceptors (Lipinski definition) is 4. The second-order valence-corrected chi connectivity index (χ2v) is 6.64. The van der Waals surface area contributed by atoms with Gasteiger partial charge >= 0.3 is 0 Å². The third-order valence-electron chi connectivity index (χ3n) is 4.53. The van der Waals surface area contributed by atoms with E-state index < -0.39 is 0 Å². The van der Waals surface area contributed by atoms with Gasteiger partial charge in [-0.15, -0.1) is 0 Å². The van der Waals surface area contributed by atoms with E-state index in [9.17, 15) is 9.59 Å². The fourth-order valence-electron chi connectivity index (χ4n) is 3.01. The summed E-state index contributed by atoms with van der Waals surface area (Å²) in [5, 5.41) is 11.3. The molecule has 28 heavy (non-hydrogen) atoms. The number of imidazole rings is 1. The Morgan fingerprint density at radius 2 is 1.79 bits per heavy atom. The first kappa shape index (κ1) is 19.6. The van der Waals surface area contributed by atoms with Crippen LogP contribution in [0.3, 0.4) is 0 Å². The van der Waals surface area contributed by atoms with Crippen LogP contribution in [-0.2, 0) is 4.79 Å². The number of H-pyrrole nitrogens is 1. The smallest absolute Gasteiger partial charge is 0.251 e. The van der Waals surface area contributed by atoms with Crippen LogP contribution in [0.1, 0.15) is 42.5 Å². The monoisotopic (exact) mass is 380 g/mol. The Labute approximate surface area is 163 Å². The summed E-state index contributed by atoms with van der Waals surface area (Å²) in [6, 6.07) is 15.3. The number of amides is 2. The van der Waals surface area contributed by atoms with Crippen LogP contribution in [0.2, 0.25) is 0 Å². The lowest BCUT2D eigenvalue weighted by Crippen LogP contribution is -2.24. The summed E-state index contributed by atoms with van der Waals surface area (Å²) in [5.74, 6) is 0.304. The largest absolute Gasteiger partial charge is 0.352 e. The Morgan fingerprint density at radius 1 is 1.00 bits per heavy atom. The lowest BCUT2D eigenvalue weighted by molar-refractivity contribution is -0.129. The van der Waals surface area contributed by atoms with Gasteiger partial charge in [-0.05, 0) is 31.0 Å². The fraction of sp³-hybridized carbons (Fsp3) is 0.286. The number of carbonyl (C=O) groups is 2. The van der Waals surface area contributed by atoms with Gasteiger partial charge in [-0.3, -0.25) is 14.8 Å². The molecule has 0 bridgehead atoms. The molecule has 0 aliphatic carbocycles. The van der Waals surface area contributed by atoms with E-state index in [0.717, 1.165) is 48.1 Å². The van der Waals surface area contributed by atoms with Crippen molar-refractivity contribution in [1.82, 2.24) is 20.8 Å². The second-order valence-electron chi connectivity index (χ2n) is 6.64. The molecule has 0 saturated carbocycles. The first-order valence-corrected chi connectivity index (χ1v) is 9.43. The zero-order valence-corrected chi connectivity index (χ0v) is 15.6. The van der Waals surface area contributed by atoms with Gasteiger partial charge in [-0.2, -0.15) is 0 Å². The average molecular weight is 380 g/mol. The maximum absolute atomic E-state index is 12.4. The van der Waals surface area contributed by atoms with Crippen molar-refractivity contribution < 1.29 is 14.8 Å². The lowest BCUT2D eigenvalue weighted by Gasteiger charge is -2.05. The summed E-state index contributed by atoms with van der Waals surface area (Å²) in [6.07, 6.45) is 3.68. The van der Waals surface area contributed by atoms with Gasteiger partial charge in [0.2, 0.25) is 5.91 Å². The molecule has 0 aliphatic rings. The van der Waals surface area contributed by atoms with Crippen LogP contribution in [0.5, 0.6) is 0 Å². The van der Waals surface area contributed by atoms with E-state index >= 15 is 0 Å². The summed E-state index contributed by atoms with van der Waals surface area (Å²) in [4.78, 5) is 31.1. The Kier molecular flexibility index (Phi) is 6.75. The Morgan fingerprint density at radius 3 is 2.57 bits per heavy atom. The number of nitrogens with one attached hydrogen (secondary N) is 3. The quantitative estimate of drug-likeness (QED) is 0.259. The van der Waals surface area contributed by atoms with E-state index in [1.807, 2.05) is 42.5 Å². The number of carbonyl (C=O) groups excluding carboxylic acids is 2. The van der Waals surface area contributed by atoms with E-state index in [-0.39, 0.29) is 11.8 Å². The number of unbranched alkanes of at least 4 members (excludes halogenated alkanes) is 3. The summed E-state index contributed by atoms with van der Waals surface area (Å²) in [6.45, 7) is 0.585. The van der Waals surface area contributed by atoms with E-state index in [2.05, 4.69) is 15.3 Å². The molecule has 3 aromatic rings. The molecular formula is C21H24N4O3. The van der Waals surface area contributed by atoms with E-state index in [4.69, 9.17) is 5.21 Å². The molecule has 2 aromatic carbocycles. The van der Waals surface area contributed by atoms with Crippen LogP contribution < -0.4 is 10.8 Å². The number of aromatic nitrogens is 2. The minimum Gasteiger partial charge on any atom is -0.352 e. The zero-order chi connectivity index (χ0) is 19.8. The highest BCUT2D eigenvalue weighted by molar-refractivity contribution is 5.97. The van der Waals surface area contributed by atoms with Crippen LogP contribution in [0.15, 0.2) is 48.5 Å². The van der Waals surface area contributed by atoms with Gasteiger partial charge in [0.25, 0.3) is 5.91 Å². The molecule has 0 saturated heterocycles. The highest BCUT2D eigenvalue weighted by Gasteiger charge is 2.09. The molecule has 1 heterocycles. The van der Waals surface area contributed by atoms with Gasteiger partial charge < -0.3 is 10.3 Å². The molecule has 146 valence electrons. The Balaban J connectivity index is 1.49. The lowest BCUT2D eigenvalue weighted by atomic mass is 10.1. The topological polar surface area (TPSA) is 107 Å². The first-order chi connectivity index (χ1) is 13.7. The number of rotatable bonds is 9. The third kappa shape index (κ3) is 5.17. The molecule has 1 aromatic heterocycles. The summed E-state index contributed by atoms with van der Waals surface area (Å²) in [5.41, 5.74) is 4.86. The minimum absolute atomic E-state index is 0.114. The number of aromatic amines is 1. The number of nitrogens with zero attached hydrogens (tertiary/aromatic N) is 1. The van der Waals surface area contributed by atoms with Crippen LogP contribution in [0.4, 0.5) is 0 Å². The molecule has 2 amide bonds. The number of hydrogen-bond donors (Lipinski definition) is 4. The molecule has 0 fully saturated rings. The van der Waals surface area contributed by atoms with Crippen LogP contribution in [0, 0.1) is 0 Å². The molecule has 0 aliphatic heterocycles. The van der Waals surface area contributed by atoms with Gasteiger partial charge in [-0.1, -0.05) is 43.2 Å². The van der Waals surface area contributed by atoms with E-state index in [0.29, 0.717) is 18.5 Å². The SMILES string of the molecule is O=C(CCCCCCNC(=O)c1ccc2nc(-c3ccccc3)[nH]c2c1)NO. The molecule has 4 N–H and O–H groups in total. The second kappa shape index (κ2) is 9.66. The van der Waals surface area contributed by atoms with E-state index in [1.165, 1.54) is 0 Å². The first-order valence-electron chi connectivity index (χ1n) is 9.43. The van der Waals surface area contributed by atoms with Crippen molar-refractivity contribution in [2.75, 3.05) is 6.54 Å². The maximum atomic E-state index is 12.4. The predicted molar refractivity (Wildman–Crippen MR) is 107 cm³/mol. The molecule has 0 spiro atoms. The van der Waals surface area contributed by atoms with Gasteiger partial charge in [0.05, 0.1) is 11.0 Å². The van der Waals surface area contributed by atoms with Crippen molar-refractivity contribution in [2.24, 2.45) is 0 Å². The molecule has 0 unspecified atom stereocenters. The highest BCUT2D eigenvalue weighted by Crippen LogP contribution is 2.21. The molecular weight excluding hydrogens is 356 g/mol. The number of benzene rings is 2. The predicted octanol–water partition coefficient (Wildman–Crippen LogP) is 3.42. The Hall–Kier alpha value is -3.19. The zero-order valence-electron chi connectivity index (χ0n) is 15.6. The van der Waals surface area contributed by atoms with Crippen molar-refractivity contribution in [3.63, 3.8) is 0 Å². The minimum atomic E-state index is -0.363. The van der Waals surface area contributed by atoms with Crippen molar-refractivity contribution in [3.05, 3.63) is 54.1 Å². The average Bonchev–Trinajstić information content (AvgIpc) is 3.16. The molecule has 3 rings (SSSR count). The third-order valence-corrected chi connectivity index (χ3v) is 4.53. The molecule has 0 atom stereocenters. The maximum Gasteiger partial charge on any atom is 0.251 e. The van der Waals surface area contributed by atoms with Crippen LogP contribution >= 0.6 is 0 Å². The van der Waals surface area contributed by atoms with Crippen molar-refractivity contribution >= 4 is 22.8 Å².